The lowest BCUT2D eigenvalue weighted by atomic mass is 10.2. The molecule has 1 saturated heterocycles. The molecule has 0 aromatic heterocycles. The summed E-state index contributed by atoms with van der Waals surface area (Å²) in [5.74, 6) is -1.80. The van der Waals surface area contributed by atoms with Crippen LogP contribution >= 0.6 is 0 Å². The van der Waals surface area contributed by atoms with E-state index in [-0.39, 0.29) is 0 Å². The second kappa shape index (κ2) is 14.0. The topological polar surface area (TPSA) is 82.3 Å². The van der Waals surface area contributed by atoms with Crippen molar-refractivity contribution in [2.45, 2.75) is 80.3 Å². The van der Waals surface area contributed by atoms with E-state index in [1.807, 2.05) is 27.7 Å². The van der Waals surface area contributed by atoms with Crippen molar-refractivity contribution in [3.05, 3.63) is 46.7 Å². The highest BCUT2D eigenvalue weighted by molar-refractivity contribution is 6.15. The van der Waals surface area contributed by atoms with Crippen LogP contribution in [0, 0.1) is 0 Å². The zero-order valence-corrected chi connectivity index (χ0v) is 26.3. The number of aliphatic imine (C=N–C) groups is 3. The first-order chi connectivity index (χ1) is 19.0. The van der Waals surface area contributed by atoms with Gasteiger partial charge in [-0.15, -0.1) is 0 Å². The fourth-order valence-electron chi connectivity index (χ4n) is 4.12. The highest BCUT2D eigenvalue weighted by Crippen LogP contribution is 2.28. The quantitative estimate of drug-likeness (QED) is 0.235. The lowest BCUT2D eigenvalue weighted by Gasteiger charge is -2.30. The van der Waals surface area contributed by atoms with Gasteiger partial charge >= 0.3 is 6.09 Å². The highest BCUT2D eigenvalue weighted by Gasteiger charge is 2.35. The van der Waals surface area contributed by atoms with E-state index in [0.29, 0.717) is 67.2 Å². The predicted octanol–water partition coefficient (Wildman–Crippen LogP) is 6.38. The molecule has 2 rings (SSSR count). The van der Waals surface area contributed by atoms with Gasteiger partial charge in [0.25, 0.3) is 5.92 Å². The number of amidine groups is 2. The summed E-state index contributed by atoms with van der Waals surface area (Å²) in [5.41, 5.74) is 2.46. The van der Waals surface area contributed by atoms with Crippen molar-refractivity contribution in [1.82, 2.24) is 14.7 Å². The molecule has 11 heteroatoms. The van der Waals surface area contributed by atoms with Gasteiger partial charge < -0.3 is 19.3 Å². The number of ether oxygens (including phenoxy) is 2. The van der Waals surface area contributed by atoms with E-state index in [2.05, 4.69) is 21.5 Å². The summed E-state index contributed by atoms with van der Waals surface area (Å²) in [7, 11) is 1.61. The fourth-order valence-corrected chi connectivity index (χ4v) is 4.12. The Morgan fingerprint density at radius 1 is 1.22 bits per heavy atom. The zero-order chi connectivity index (χ0) is 31.1. The predicted molar refractivity (Wildman–Crippen MR) is 161 cm³/mol. The summed E-state index contributed by atoms with van der Waals surface area (Å²) in [6.45, 7) is 21.6. The van der Waals surface area contributed by atoms with E-state index in [1.54, 1.807) is 47.0 Å². The summed E-state index contributed by atoms with van der Waals surface area (Å²) in [5, 5.41) is 0. The molecule has 0 radical (unpaired) electrons. The molecule has 0 atom stereocenters. The number of allylic oxidation sites excluding steroid dienone is 4. The van der Waals surface area contributed by atoms with E-state index >= 15 is 0 Å². The monoisotopic (exact) mass is 576 g/mol. The molecule has 2 aliphatic rings. The molecule has 9 nitrogen and oxygen atoms in total. The minimum Gasteiger partial charge on any atom is -0.443 e. The third-order valence-corrected chi connectivity index (χ3v) is 6.50. The third kappa shape index (κ3) is 9.62. The lowest BCUT2D eigenvalue weighted by Crippen LogP contribution is -2.40. The van der Waals surface area contributed by atoms with Gasteiger partial charge in [-0.1, -0.05) is 19.6 Å². The molecule has 228 valence electrons. The molecule has 41 heavy (non-hydrogen) atoms. The lowest BCUT2D eigenvalue weighted by molar-refractivity contribution is 0.0125. The van der Waals surface area contributed by atoms with Crippen LogP contribution in [0.1, 0.15) is 68.7 Å². The molecule has 2 heterocycles. The van der Waals surface area contributed by atoms with Crippen molar-refractivity contribution in [2.24, 2.45) is 15.0 Å². The number of hydrogen-bond donors (Lipinski definition) is 0. The molecule has 0 aromatic rings. The molecule has 0 saturated carbocycles. The average molecular weight is 577 g/mol. The summed E-state index contributed by atoms with van der Waals surface area (Å²) < 4.78 is 39.5. The number of carbonyl (C=O) groups is 1. The molecule has 1 amide bonds. The van der Waals surface area contributed by atoms with Crippen LogP contribution in [-0.2, 0) is 9.47 Å². The standard InChI is InChI=1S/C30H46F2N6O3/c1-12-20(3)26(36(11)28(39)41-29(7,8)9)33-18-24(13-2)21(4)34-27-25(22(5)37-14-16-40-17-15-37)35-23(6)38(27)19-30(10,31)32/h13,18H,4,12,14-17,19H2,1-3,5-11H3/b24-13+,25-22-,26-20?,33-18?,34-27?. The number of nitrogens with zero attached hydrogens (tertiary/aromatic N) is 6. The van der Waals surface area contributed by atoms with E-state index < -0.39 is 24.2 Å². The largest absolute Gasteiger partial charge is 0.443 e. The van der Waals surface area contributed by atoms with Crippen LogP contribution in [0.5, 0.6) is 0 Å². The fraction of sp³-hybridized carbons (Fsp3) is 0.600. The van der Waals surface area contributed by atoms with Gasteiger partial charge in [-0.05, 0) is 60.5 Å². The van der Waals surface area contributed by atoms with Crippen LogP contribution in [0.3, 0.4) is 0 Å². The number of rotatable bonds is 9. The van der Waals surface area contributed by atoms with Crippen LogP contribution in [0.15, 0.2) is 61.7 Å². The number of hydrogen-bond acceptors (Lipinski definition) is 7. The Kier molecular flexibility index (Phi) is 11.6. The molecule has 0 aromatic carbocycles. The highest BCUT2D eigenvalue weighted by atomic mass is 19.3. The van der Waals surface area contributed by atoms with Gasteiger partial charge in [0.15, 0.2) is 5.84 Å². The van der Waals surface area contributed by atoms with E-state index in [4.69, 9.17) is 14.5 Å². The van der Waals surface area contributed by atoms with E-state index in [9.17, 15) is 13.6 Å². The molecule has 0 bridgehead atoms. The summed E-state index contributed by atoms with van der Waals surface area (Å²) in [6, 6.07) is 0. The number of halogens is 2. The molecular weight excluding hydrogens is 530 g/mol. The maximum absolute atomic E-state index is 14.2. The van der Waals surface area contributed by atoms with Gasteiger partial charge in [-0.2, -0.15) is 0 Å². The molecular formula is C30H46F2N6O3. The Bertz CT molecular complexity index is 1180. The third-order valence-electron chi connectivity index (χ3n) is 6.50. The molecule has 2 aliphatic heterocycles. The van der Waals surface area contributed by atoms with Crippen LogP contribution in [0.2, 0.25) is 0 Å². The molecule has 0 N–H and O–H groups in total. The van der Waals surface area contributed by atoms with Crippen LogP contribution < -0.4 is 0 Å². The number of amides is 1. The van der Waals surface area contributed by atoms with Gasteiger partial charge in [-0.25, -0.2) is 28.6 Å². The van der Waals surface area contributed by atoms with Crippen molar-refractivity contribution in [3.8, 4) is 0 Å². The molecule has 1 fully saturated rings. The average Bonchev–Trinajstić information content (AvgIpc) is 3.18. The van der Waals surface area contributed by atoms with Crippen molar-refractivity contribution >= 4 is 24.0 Å². The van der Waals surface area contributed by atoms with E-state index in [1.165, 1.54) is 9.80 Å². The molecule has 0 aliphatic carbocycles. The van der Waals surface area contributed by atoms with Crippen molar-refractivity contribution in [3.63, 3.8) is 0 Å². The molecule has 0 spiro atoms. The van der Waals surface area contributed by atoms with Gasteiger partial charge in [0.2, 0.25) is 0 Å². The Labute approximate surface area is 243 Å². The SMILES string of the molecule is C=C(N=C1/C(=C(\C)N2CCOCC2)N=C(C)N1CC(C)(F)F)/C(C=NC(=C(C)CC)N(C)C(=O)OC(C)(C)C)=C/C. The van der Waals surface area contributed by atoms with Crippen LogP contribution in [0.25, 0.3) is 0 Å². The van der Waals surface area contributed by atoms with E-state index in [0.717, 1.165) is 18.2 Å². The second-order valence-corrected chi connectivity index (χ2v) is 11.2. The summed E-state index contributed by atoms with van der Waals surface area (Å²) >= 11 is 0. The maximum atomic E-state index is 14.2. The van der Waals surface area contributed by atoms with Crippen molar-refractivity contribution in [1.29, 1.82) is 0 Å². The number of alkyl halides is 2. The van der Waals surface area contributed by atoms with Gasteiger partial charge in [0, 0.05) is 44.5 Å². The van der Waals surface area contributed by atoms with Gasteiger partial charge in [0.05, 0.1) is 25.5 Å². The Balaban J connectivity index is 2.49. The zero-order valence-electron chi connectivity index (χ0n) is 26.3. The Morgan fingerprint density at radius 2 is 1.83 bits per heavy atom. The Morgan fingerprint density at radius 3 is 2.34 bits per heavy atom. The van der Waals surface area contributed by atoms with Crippen molar-refractivity contribution < 1.29 is 23.0 Å². The smallest absolute Gasteiger partial charge is 0.415 e. The molecule has 0 unspecified atom stereocenters. The number of morpholine rings is 1. The normalized spacial score (nSPS) is 20.0. The minimum absolute atomic E-state index is 0.303. The summed E-state index contributed by atoms with van der Waals surface area (Å²) in [6.07, 6.45) is 3.49. The first kappa shape index (κ1) is 33.9. The Hall–Kier alpha value is -3.34. The second-order valence-electron chi connectivity index (χ2n) is 11.2. The summed E-state index contributed by atoms with van der Waals surface area (Å²) in [4.78, 5) is 31.7. The van der Waals surface area contributed by atoms with Crippen LogP contribution in [0.4, 0.5) is 13.6 Å². The minimum atomic E-state index is -2.98. The van der Waals surface area contributed by atoms with Gasteiger partial charge in [0.1, 0.15) is 23.0 Å². The van der Waals surface area contributed by atoms with Crippen LogP contribution in [-0.4, -0.2) is 90.1 Å². The van der Waals surface area contributed by atoms with Crippen molar-refractivity contribution in [2.75, 3.05) is 39.9 Å². The van der Waals surface area contributed by atoms with Gasteiger partial charge in [-0.3, -0.25) is 4.90 Å². The first-order valence-electron chi connectivity index (χ1n) is 13.9. The first-order valence-corrected chi connectivity index (χ1v) is 13.9. The number of carbonyl (C=O) groups excluding carboxylic acids is 1. The maximum Gasteiger partial charge on any atom is 0.415 e.